The number of hydrogen-bond acceptors (Lipinski definition) is 1. The van der Waals surface area contributed by atoms with Crippen LogP contribution in [0.3, 0.4) is 0 Å². The highest BCUT2D eigenvalue weighted by Gasteiger charge is 2.31. The van der Waals surface area contributed by atoms with E-state index in [0.29, 0.717) is 4.45 Å². The molecule has 0 aliphatic heterocycles. The van der Waals surface area contributed by atoms with E-state index >= 15 is 0 Å². The quantitative estimate of drug-likeness (QED) is 0.354. The molecule has 1 nitrogen and oxygen atoms in total. The van der Waals surface area contributed by atoms with Gasteiger partial charge in [0.2, 0.25) is 0 Å². The molecule has 2 atom stereocenters. The van der Waals surface area contributed by atoms with Gasteiger partial charge < -0.3 is 0 Å². The predicted molar refractivity (Wildman–Crippen MR) is 102 cm³/mol. The highest BCUT2D eigenvalue weighted by molar-refractivity contribution is 9.12. The van der Waals surface area contributed by atoms with Crippen molar-refractivity contribution in [2.24, 2.45) is 0 Å². The third kappa shape index (κ3) is 5.84. The first-order valence-corrected chi connectivity index (χ1v) is 15.7. The second-order valence-corrected chi connectivity index (χ2v) is 20.1. The van der Waals surface area contributed by atoms with Crippen LogP contribution in [0.1, 0.15) is 16.1 Å². The fourth-order valence-corrected chi connectivity index (χ4v) is 5.98. The maximum Gasteiger partial charge on any atom is 0.129 e. The maximum atomic E-state index is 4.57. The number of hydrogen-bond donors (Lipinski definition) is 0. The van der Waals surface area contributed by atoms with Gasteiger partial charge in [-0.05, 0) is 12.1 Å². The van der Waals surface area contributed by atoms with Crippen LogP contribution in [0.15, 0.2) is 18.3 Å². The zero-order valence-corrected chi connectivity index (χ0v) is 18.3. The molecule has 0 fully saturated rings. The first kappa shape index (κ1) is 18.2. The van der Waals surface area contributed by atoms with Gasteiger partial charge >= 0.3 is 0 Å². The smallest absolute Gasteiger partial charge is 0.129 e. The van der Waals surface area contributed by atoms with Gasteiger partial charge in [0.1, 0.15) is 8.07 Å². The first-order chi connectivity index (χ1) is 9.00. The molecular formula is C15H23Br2NSi2. The van der Waals surface area contributed by atoms with Crippen LogP contribution in [0.5, 0.6) is 0 Å². The van der Waals surface area contributed by atoms with Crippen LogP contribution in [0, 0.1) is 11.5 Å². The fourth-order valence-electron chi connectivity index (χ4n) is 1.49. The summed E-state index contributed by atoms with van der Waals surface area (Å²) in [5.74, 6) is 3.24. The molecule has 0 N–H and O–H groups in total. The van der Waals surface area contributed by atoms with Gasteiger partial charge in [-0.1, -0.05) is 77.1 Å². The SMILES string of the molecule is C[Si](C)(C)C#Cc1ccc(C(Br)C(Br)[Si](C)(C)C)nc1. The van der Waals surface area contributed by atoms with Crippen molar-refractivity contribution in [3.05, 3.63) is 29.6 Å². The topological polar surface area (TPSA) is 12.9 Å². The molecular weight excluding hydrogens is 410 g/mol. The van der Waals surface area contributed by atoms with Crippen molar-refractivity contribution >= 4 is 48.0 Å². The molecule has 20 heavy (non-hydrogen) atoms. The van der Waals surface area contributed by atoms with E-state index in [1.54, 1.807) is 0 Å². The normalized spacial score (nSPS) is 15.2. The average Bonchev–Trinajstić information content (AvgIpc) is 2.33. The summed E-state index contributed by atoms with van der Waals surface area (Å²) in [7, 11) is -2.57. The van der Waals surface area contributed by atoms with Crippen LogP contribution in [0.4, 0.5) is 0 Å². The Morgan fingerprint density at radius 3 is 2.05 bits per heavy atom. The molecule has 0 aromatic carbocycles. The Morgan fingerprint density at radius 1 is 1.05 bits per heavy atom. The van der Waals surface area contributed by atoms with Gasteiger partial charge in [0.25, 0.3) is 0 Å². The zero-order valence-electron chi connectivity index (χ0n) is 13.1. The Labute approximate surface area is 142 Å². The number of nitrogens with zero attached hydrogens (tertiary/aromatic N) is 1. The van der Waals surface area contributed by atoms with Crippen LogP contribution in [0.25, 0.3) is 0 Å². The fraction of sp³-hybridized carbons (Fsp3) is 0.533. The molecule has 110 valence electrons. The molecule has 1 aromatic rings. The Hall–Kier alpha value is 0.104. The zero-order chi connectivity index (χ0) is 15.6. The molecule has 0 radical (unpaired) electrons. The maximum absolute atomic E-state index is 4.57. The number of halogens is 2. The lowest BCUT2D eigenvalue weighted by atomic mass is 10.2. The number of alkyl halides is 2. The van der Waals surface area contributed by atoms with E-state index < -0.39 is 16.1 Å². The Kier molecular flexibility index (Phi) is 6.27. The predicted octanol–water partition coefficient (Wildman–Crippen LogP) is 5.39. The molecule has 0 bridgehead atoms. The standard InChI is InChI=1S/C15H23Br2NSi2/c1-19(2,3)10-9-12-7-8-13(18-11-12)14(16)15(17)20(4,5)6/h7-8,11,14-15H,1-6H3. The number of pyridine rings is 1. The molecule has 1 aromatic heterocycles. The molecule has 0 saturated heterocycles. The van der Waals surface area contributed by atoms with Gasteiger partial charge in [0.15, 0.2) is 0 Å². The summed E-state index contributed by atoms with van der Waals surface area (Å²) in [6, 6.07) is 4.16. The van der Waals surface area contributed by atoms with Crippen molar-refractivity contribution in [2.45, 2.75) is 48.6 Å². The summed E-state index contributed by atoms with van der Waals surface area (Å²) in [6.07, 6.45) is 1.89. The summed E-state index contributed by atoms with van der Waals surface area (Å²) in [5.41, 5.74) is 5.45. The first-order valence-electron chi connectivity index (χ1n) is 6.78. The van der Waals surface area contributed by atoms with E-state index in [2.05, 4.69) is 99.7 Å². The lowest BCUT2D eigenvalue weighted by molar-refractivity contribution is 0.980. The highest BCUT2D eigenvalue weighted by atomic mass is 79.9. The van der Waals surface area contributed by atoms with Crippen molar-refractivity contribution in [3.8, 4) is 11.5 Å². The second kappa shape index (κ2) is 6.91. The van der Waals surface area contributed by atoms with Crippen molar-refractivity contribution in [1.82, 2.24) is 4.98 Å². The van der Waals surface area contributed by atoms with Crippen LogP contribution in [-0.2, 0) is 0 Å². The van der Waals surface area contributed by atoms with Crippen molar-refractivity contribution in [3.63, 3.8) is 0 Å². The molecule has 5 heteroatoms. The highest BCUT2D eigenvalue weighted by Crippen LogP contribution is 2.35. The number of rotatable bonds is 3. The van der Waals surface area contributed by atoms with Crippen LogP contribution in [-0.4, -0.2) is 25.6 Å². The largest absolute Gasteiger partial charge is 0.259 e. The Bertz CT molecular complexity index is 504. The van der Waals surface area contributed by atoms with E-state index in [1.165, 1.54) is 0 Å². The van der Waals surface area contributed by atoms with Gasteiger partial charge in [-0.2, -0.15) is 0 Å². The molecule has 2 unspecified atom stereocenters. The lowest BCUT2D eigenvalue weighted by Crippen LogP contribution is -2.36. The molecule has 0 aliphatic carbocycles. The van der Waals surface area contributed by atoms with Crippen molar-refractivity contribution in [2.75, 3.05) is 0 Å². The summed E-state index contributed by atoms with van der Waals surface area (Å²) < 4.78 is 0.460. The minimum absolute atomic E-state index is 0.258. The summed E-state index contributed by atoms with van der Waals surface area (Å²) in [6.45, 7) is 13.8. The van der Waals surface area contributed by atoms with Crippen LogP contribution < -0.4 is 0 Å². The summed E-state index contributed by atoms with van der Waals surface area (Å²) >= 11 is 7.61. The average molecular weight is 433 g/mol. The molecule has 1 heterocycles. The number of aromatic nitrogens is 1. The van der Waals surface area contributed by atoms with Gasteiger partial charge in [-0.3, -0.25) is 4.98 Å². The van der Waals surface area contributed by atoms with E-state index in [1.807, 2.05) is 6.20 Å². The van der Waals surface area contributed by atoms with Crippen LogP contribution >= 0.6 is 31.9 Å². The molecule has 0 amide bonds. The second-order valence-electron chi connectivity index (χ2n) is 7.14. The monoisotopic (exact) mass is 431 g/mol. The van der Waals surface area contributed by atoms with Gasteiger partial charge in [0, 0.05) is 16.2 Å². The lowest BCUT2D eigenvalue weighted by Gasteiger charge is -2.27. The van der Waals surface area contributed by atoms with E-state index in [-0.39, 0.29) is 4.83 Å². The van der Waals surface area contributed by atoms with Crippen LogP contribution in [0.2, 0.25) is 39.3 Å². The molecule has 0 spiro atoms. The minimum Gasteiger partial charge on any atom is -0.259 e. The van der Waals surface area contributed by atoms with Crippen molar-refractivity contribution in [1.29, 1.82) is 0 Å². The van der Waals surface area contributed by atoms with E-state index in [0.717, 1.165) is 11.3 Å². The summed E-state index contributed by atoms with van der Waals surface area (Å²) in [5, 5.41) is 0. The molecule has 0 aliphatic rings. The van der Waals surface area contributed by atoms with E-state index in [9.17, 15) is 0 Å². The third-order valence-electron chi connectivity index (χ3n) is 2.74. The molecule has 0 saturated carbocycles. The van der Waals surface area contributed by atoms with E-state index in [4.69, 9.17) is 0 Å². The van der Waals surface area contributed by atoms with Crippen molar-refractivity contribution < 1.29 is 0 Å². The third-order valence-corrected chi connectivity index (χ3v) is 12.4. The molecule has 1 rings (SSSR count). The Morgan fingerprint density at radius 2 is 1.65 bits per heavy atom. The van der Waals surface area contributed by atoms with Gasteiger partial charge in [-0.25, -0.2) is 0 Å². The summed E-state index contributed by atoms with van der Waals surface area (Å²) in [4.78, 5) is 4.83. The van der Waals surface area contributed by atoms with Gasteiger partial charge in [-0.15, -0.1) is 5.54 Å². The Balaban J connectivity index is 2.89. The van der Waals surface area contributed by atoms with Gasteiger partial charge in [0.05, 0.1) is 18.6 Å². The minimum atomic E-state index is -1.32.